The maximum absolute atomic E-state index is 5.86. The largest absolute Gasteiger partial charge is 0.489 e. The second-order valence-corrected chi connectivity index (χ2v) is 6.04. The molecular formula is C16H21ClIN3OS. The zero-order chi connectivity index (χ0) is 15.8. The highest BCUT2D eigenvalue weighted by molar-refractivity contribution is 14.0. The first kappa shape index (κ1) is 20.1. The van der Waals surface area contributed by atoms with E-state index in [0.717, 1.165) is 18.3 Å². The van der Waals surface area contributed by atoms with Crippen molar-refractivity contribution >= 4 is 52.9 Å². The number of hydrogen-bond acceptors (Lipinski definition) is 3. The Morgan fingerprint density at radius 3 is 2.61 bits per heavy atom. The van der Waals surface area contributed by atoms with Crippen molar-refractivity contribution in [2.45, 2.75) is 19.6 Å². The van der Waals surface area contributed by atoms with Crippen LogP contribution < -0.4 is 15.4 Å². The van der Waals surface area contributed by atoms with Gasteiger partial charge in [-0.05, 0) is 53.6 Å². The Hall–Kier alpha value is -0.990. The van der Waals surface area contributed by atoms with Crippen LogP contribution in [0, 0.1) is 0 Å². The lowest BCUT2D eigenvalue weighted by atomic mass is 10.3. The highest BCUT2D eigenvalue weighted by Gasteiger charge is 2.06. The molecule has 1 atom stereocenters. The van der Waals surface area contributed by atoms with Crippen LogP contribution in [0.25, 0.3) is 0 Å². The summed E-state index contributed by atoms with van der Waals surface area (Å²) in [5.41, 5.74) is 1.25. The number of nitrogens with one attached hydrogen (secondary N) is 2. The second kappa shape index (κ2) is 10.7. The van der Waals surface area contributed by atoms with Gasteiger partial charge in [0.05, 0.1) is 6.54 Å². The molecule has 0 bridgehead atoms. The van der Waals surface area contributed by atoms with Gasteiger partial charge < -0.3 is 15.4 Å². The predicted octanol–water partition coefficient (Wildman–Crippen LogP) is 4.15. The fourth-order valence-corrected chi connectivity index (χ4v) is 2.62. The maximum atomic E-state index is 5.86. The lowest BCUT2D eigenvalue weighted by Gasteiger charge is -2.17. The van der Waals surface area contributed by atoms with Crippen LogP contribution in [0.1, 0.15) is 12.5 Å². The number of ether oxygens (including phenoxy) is 1. The van der Waals surface area contributed by atoms with Crippen molar-refractivity contribution < 1.29 is 4.74 Å². The summed E-state index contributed by atoms with van der Waals surface area (Å²) in [5, 5.41) is 11.4. The Morgan fingerprint density at radius 1 is 1.26 bits per heavy atom. The van der Waals surface area contributed by atoms with Gasteiger partial charge >= 0.3 is 0 Å². The number of nitrogens with zero attached hydrogens (tertiary/aromatic N) is 1. The molecule has 0 amide bonds. The van der Waals surface area contributed by atoms with Crippen LogP contribution >= 0.6 is 46.9 Å². The van der Waals surface area contributed by atoms with Crippen molar-refractivity contribution in [3.63, 3.8) is 0 Å². The smallest absolute Gasteiger partial charge is 0.191 e. The molecule has 126 valence electrons. The van der Waals surface area contributed by atoms with Crippen molar-refractivity contribution in [2.24, 2.45) is 4.99 Å². The van der Waals surface area contributed by atoms with E-state index in [2.05, 4.69) is 32.5 Å². The third kappa shape index (κ3) is 7.41. The number of aliphatic imine (C=N–C) groups is 1. The van der Waals surface area contributed by atoms with Crippen LogP contribution in [-0.4, -0.2) is 25.7 Å². The topological polar surface area (TPSA) is 45.7 Å². The molecule has 1 aromatic heterocycles. The summed E-state index contributed by atoms with van der Waals surface area (Å²) in [7, 11) is 1.76. The minimum atomic E-state index is 0. The highest BCUT2D eigenvalue weighted by atomic mass is 127. The summed E-state index contributed by atoms with van der Waals surface area (Å²) in [4.78, 5) is 4.20. The minimum Gasteiger partial charge on any atom is -0.489 e. The first-order valence-corrected chi connectivity index (χ1v) is 8.37. The van der Waals surface area contributed by atoms with Gasteiger partial charge in [-0.1, -0.05) is 11.6 Å². The molecule has 2 rings (SSSR count). The Bertz CT molecular complexity index is 590. The molecule has 7 heteroatoms. The van der Waals surface area contributed by atoms with E-state index in [0.29, 0.717) is 11.6 Å². The molecule has 0 saturated heterocycles. The summed E-state index contributed by atoms with van der Waals surface area (Å²) in [6.45, 7) is 3.43. The number of rotatable bonds is 6. The van der Waals surface area contributed by atoms with Crippen LogP contribution in [0.15, 0.2) is 46.1 Å². The molecule has 1 aromatic carbocycles. The number of guanidine groups is 1. The molecule has 0 fully saturated rings. The van der Waals surface area contributed by atoms with Crippen LogP contribution in [0.4, 0.5) is 0 Å². The normalized spacial score (nSPS) is 12.2. The first-order chi connectivity index (χ1) is 10.7. The van der Waals surface area contributed by atoms with Crippen molar-refractivity contribution in [2.75, 3.05) is 13.6 Å². The van der Waals surface area contributed by atoms with Gasteiger partial charge in [-0.25, -0.2) is 0 Å². The third-order valence-electron chi connectivity index (χ3n) is 2.97. The highest BCUT2D eigenvalue weighted by Crippen LogP contribution is 2.16. The Morgan fingerprint density at radius 2 is 2.00 bits per heavy atom. The van der Waals surface area contributed by atoms with Crippen LogP contribution in [0.5, 0.6) is 5.75 Å². The van der Waals surface area contributed by atoms with E-state index in [1.54, 1.807) is 18.4 Å². The van der Waals surface area contributed by atoms with Gasteiger partial charge in [0, 0.05) is 18.6 Å². The van der Waals surface area contributed by atoms with E-state index in [9.17, 15) is 0 Å². The SMILES string of the molecule is CN=C(NCc1ccsc1)NCC(C)Oc1ccc(Cl)cc1.I. The van der Waals surface area contributed by atoms with Crippen molar-refractivity contribution in [3.8, 4) is 5.75 Å². The molecule has 0 radical (unpaired) electrons. The molecule has 2 N–H and O–H groups in total. The quantitative estimate of drug-likeness (QED) is 0.383. The molecule has 0 aliphatic carbocycles. The van der Waals surface area contributed by atoms with Gasteiger partial charge in [-0.2, -0.15) is 11.3 Å². The van der Waals surface area contributed by atoms with Gasteiger partial charge in [0.15, 0.2) is 5.96 Å². The minimum absolute atomic E-state index is 0. The van der Waals surface area contributed by atoms with E-state index >= 15 is 0 Å². The van der Waals surface area contributed by atoms with Gasteiger partial charge in [0.1, 0.15) is 11.9 Å². The standard InChI is InChI=1S/C16H20ClN3OS.HI/c1-12(21-15-5-3-14(17)4-6-15)9-19-16(18-2)20-10-13-7-8-22-11-13;/h3-8,11-12H,9-10H2,1-2H3,(H2,18,19,20);1H. The molecule has 0 aliphatic heterocycles. The summed E-state index contributed by atoms with van der Waals surface area (Å²) in [5.74, 6) is 1.57. The zero-order valence-corrected chi connectivity index (χ0v) is 17.0. The van der Waals surface area contributed by atoms with Crippen LogP contribution in [0.2, 0.25) is 5.02 Å². The molecule has 1 heterocycles. The molecule has 2 aromatic rings. The lowest BCUT2D eigenvalue weighted by Crippen LogP contribution is -2.41. The Balaban J connectivity index is 0.00000264. The lowest BCUT2D eigenvalue weighted by molar-refractivity contribution is 0.224. The molecule has 23 heavy (non-hydrogen) atoms. The predicted molar refractivity (Wildman–Crippen MR) is 109 cm³/mol. The average molecular weight is 466 g/mol. The maximum Gasteiger partial charge on any atom is 0.191 e. The van der Waals surface area contributed by atoms with E-state index in [4.69, 9.17) is 16.3 Å². The summed E-state index contributed by atoms with van der Waals surface area (Å²) >= 11 is 7.55. The van der Waals surface area contributed by atoms with Gasteiger partial charge in [0.25, 0.3) is 0 Å². The van der Waals surface area contributed by atoms with Crippen molar-refractivity contribution in [3.05, 3.63) is 51.7 Å². The molecular weight excluding hydrogens is 445 g/mol. The zero-order valence-electron chi connectivity index (χ0n) is 13.1. The Kier molecular flexibility index (Phi) is 9.35. The van der Waals surface area contributed by atoms with Crippen LogP contribution in [0.3, 0.4) is 0 Å². The molecule has 4 nitrogen and oxygen atoms in total. The monoisotopic (exact) mass is 465 g/mol. The van der Waals surface area contributed by atoms with E-state index in [1.165, 1.54) is 5.56 Å². The summed E-state index contributed by atoms with van der Waals surface area (Å²) < 4.78 is 5.81. The second-order valence-electron chi connectivity index (χ2n) is 4.82. The fourth-order valence-electron chi connectivity index (χ4n) is 1.83. The number of hydrogen-bond donors (Lipinski definition) is 2. The average Bonchev–Trinajstić information content (AvgIpc) is 3.03. The third-order valence-corrected chi connectivity index (χ3v) is 3.96. The number of halogens is 2. The van der Waals surface area contributed by atoms with Gasteiger partial charge in [-0.15, -0.1) is 24.0 Å². The summed E-state index contributed by atoms with van der Waals surface area (Å²) in [6, 6.07) is 9.46. The van der Waals surface area contributed by atoms with E-state index < -0.39 is 0 Å². The van der Waals surface area contributed by atoms with E-state index in [1.807, 2.05) is 31.2 Å². The van der Waals surface area contributed by atoms with Gasteiger partial charge in [-0.3, -0.25) is 4.99 Å². The molecule has 0 spiro atoms. The van der Waals surface area contributed by atoms with Gasteiger partial charge in [0.2, 0.25) is 0 Å². The molecule has 0 aliphatic rings. The van der Waals surface area contributed by atoms with Crippen LogP contribution in [-0.2, 0) is 6.54 Å². The first-order valence-electron chi connectivity index (χ1n) is 7.05. The van der Waals surface area contributed by atoms with Crippen molar-refractivity contribution in [1.82, 2.24) is 10.6 Å². The number of benzene rings is 1. The molecule has 0 saturated carbocycles. The Labute approximate surface area is 163 Å². The van der Waals surface area contributed by atoms with Crippen molar-refractivity contribution in [1.29, 1.82) is 0 Å². The summed E-state index contributed by atoms with van der Waals surface area (Å²) in [6.07, 6.45) is 0.0147. The molecule has 1 unspecified atom stereocenters. The van der Waals surface area contributed by atoms with E-state index in [-0.39, 0.29) is 30.1 Å². The fraction of sp³-hybridized carbons (Fsp3) is 0.312. The number of thiophene rings is 1.